The highest BCUT2D eigenvalue weighted by Gasteiger charge is 2.39. The van der Waals surface area contributed by atoms with E-state index in [-0.39, 0.29) is 0 Å². The number of hydrogen-bond acceptors (Lipinski definition) is 0. The van der Waals surface area contributed by atoms with E-state index in [9.17, 15) is 0 Å². The molecule has 0 aliphatic heterocycles. The number of hydrogen-bond donors (Lipinski definition) is 0. The van der Waals surface area contributed by atoms with Crippen molar-refractivity contribution in [3.8, 4) is 0 Å². The topological polar surface area (TPSA) is 0 Å². The molecule has 86 valence electrons. The Balaban J connectivity index is 4.89. The third-order valence-corrected chi connectivity index (χ3v) is 4.90. The minimum atomic E-state index is 0.489. The van der Waals surface area contributed by atoms with Gasteiger partial charge in [0.15, 0.2) is 0 Å². The molecule has 0 fully saturated rings. The van der Waals surface area contributed by atoms with Crippen LogP contribution in [0.5, 0.6) is 0 Å². The van der Waals surface area contributed by atoms with E-state index in [1.54, 1.807) is 0 Å². The van der Waals surface area contributed by atoms with E-state index in [1.807, 2.05) is 0 Å². The zero-order chi connectivity index (χ0) is 11.5. The maximum Gasteiger partial charge on any atom is -0.0249 e. The summed E-state index contributed by atoms with van der Waals surface area (Å²) in [7, 11) is 0. The molecule has 0 nitrogen and oxygen atoms in total. The molecule has 0 aliphatic rings. The van der Waals surface area contributed by atoms with Gasteiger partial charge in [0, 0.05) is 0 Å². The first-order chi connectivity index (χ1) is 6.28. The quantitative estimate of drug-likeness (QED) is 0.584. The molecule has 0 bridgehead atoms. The first kappa shape index (κ1) is 14.0. The molecule has 0 rings (SSSR count). The lowest BCUT2D eigenvalue weighted by Gasteiger charge is -2.46. The standard InChI is InChI=1S/C14H30/c1-9-12(6)14(8,11(4)5)13(7)10(2)3/h10-13H,9H2,1-8H3. The highest BCUT2D eigenvalue weighted by Crippen LogP contribution is 2.46. The van der Waals surface area contributed by atoms with Crippen LogP contribution in [0.4, 0.5) is 0 Å². The Hall–Kier alpha value is 0. The van der Waals surface area contributed by atoms with Crippen molar-refractivity contribution in [3.05, 3.63) is 0 Å². The predicted octanol–water partition coefficient (Wildman–Crippen LogP) is 4.99. The largest absolute Gasteiger partial charge is 0.0651 e. The molecule has 0 heterocycles. The SMILES string of the molecule is CCC(C)C(C)(C(C)C)C(C)C(C)C. The highest BCUT2D eigenvalue weighted by atomic mass is 14.4. The summed E-state index contributed by atoms with van der Waals surface area (Å²) in [4.78, 5) is 0. The van der Waals surface area contributed by atoms with Gasteiger partial charge < -0.3 is 0 Å². The van der Waals surface area contributed by atoms with Gasteiger partial charge in [-0.05, 0) is 29.1 Å². The number of rotatable bonds is 5. The second kappa shape index (κ2) is 5.19. The van der Waals surface area contributed by atoms with Crippen molar-refractivity contribution in [3.63, 3.8) is 0 Å². The maximum absolute atomic E-state index is 2.48. The Kier molecular flexibility index (Phi) is 5.19. The Morgan fingerprint density at radius 3 is 1.57 bits per heavy atom. The van der Waals surface area contributed by atoms with Gasteiger partial charge in [-0.15, -0.1) is 0 Å². The molecule has 0 spiro atoms. The summed E-state index contributed by atoms with van der Waals surface area (Å²) >= 11 is 0. The minimum Gasteiger partial charge on any atom is -0.0651 e. The minimum absolute atomic E-state index is 0.489. The van der Waals surface area contributed by atoms with Crippen molar-refractivity contribution in [1.29, 1.82) is 0 Å². The molecule has 0 aliphatic carbocycles. The molecule has 0 saturated carbocycles. The molecule has 0 aromatic heterocycles. The zero-order valence-corrected chi connectivity index (χ0v) is 11.5. The van der Waals surface area contributed by atoms with Crippen molar-refractivity contribution in [2.24, 2.45) is 29.1 Å². The van der Waals surface area contributed by atoms with Gasteiger partial charge in [-0.25, -0.2) is 0 Å². The van der Waals surface area contributed by atoms with Crippen LogP contribution < -0.4 is 0 Å². The lowest BCUT2D eigenvalue weighted by molar-refractivity contribution is 0.0259. The summed E-state index contributed by atoms with van der Waals surface area (Å²) in [6.45, 7) is 19.1. The first-order valence-electron chi connectivity index (χ1n) is 6.28. The Morgan fingerprint density at radius 1 is 0.929 bits per heavy atom. The average molecular weight is 198 g/mol. The van der Waals surface area contributed by atoms with Crippen molar-refractivity contribution < 1.29 is 0 Å². The Bertz CT molecular complexity index is 157. The summed E-state index contributed by atoms with van der Waals surface area (Å²) in [5.41, 5.74) is 0.489. The summed E-state index contributed by atoms with van der Waals surface area (Å²) in [6.07, 6.45) is 1.30. The van der Waals surface area contributed by atoms with E-state index in [0.29, 0.717) is 5.41 Å². The van der Waals surface area contributed by atoms with Gasteiger partial charge in [0.25, 0.3) is 0 Å². The van der Waals surface area contributed by atoms with Crippen molar-refractivity contribution >= 4 is 0 Å². The molecular weight excluding hydrogens is 168 g/mol. The van der Waals surface area contributed by atoms with E-state index < -0.39 is 0 Å². The maximum atomic E-state index is 2.48. The van der Waals surface area contributed by atoms with Crippen LogP contribution in [-0.4, -0.2) is 0 Å². The monoisotopic (exact) mass is 198 g/mol. The van der Waals surface area contributed by atoms with E-state index >= 15 is 0 Å². The summed E-state index contributed by atoms with van der Waals surface area (Å²) < 4.78 is 0. The van der Waals surface area contributed by atoms with Crippen molar-refractivity contribution in [2.45, 2.75) is 61.8 Å². The fourth-order valence-corrected chi connectivity index (χ4v) is 2.70. The first-order valence-corrected chi connectivity index (χ1v) is 6.28. The van der Waals surface area contributed by atoms with Gasteiger partial charge in [-0.1, -0.05) is 61.8 Å². The van der Waals surface area contributed by atoms with Crippen LogP contribution in [0.3, 0.4) is 0 Å². The lowest BCUT2D eigenvalue weighted by Crippen LogP contribution is -2.39. The normalized spacial score (nSPS) is 21.0. The third kappa shape index (κ3) is 2.52. The average Bonchev–Trinajstić information content (AvgIpc) is 2.13. The summed E-state index contributed by atoms with van der Waals surface area (Å²) in [6, 6.07) is 0. The van der Waals surface area contributed by atoms with Crippen molar-refractivity contribution in [1.82, 2.24) is 0 Å². The molecule has 0 radical (unpaired) electrons. The van der Waals surface area contributed by atoms with E-state index in [4.69, 9.17) is 0 Å². The Morgan fingerprint density at radius 2 is 1.36 bits per heavy atom. The van der Waals surface area contributed by atoms with Gasteiger partial charge in [0.05, 0.1) is 0 Å². The molecule has 0 N–H and O–H groups in total. The van der Waals surface area contributed by atoms with Crippen LogP contribution in [-0.2, 0) is 0 Å². The van der Waals surface area contributed by atoms with Crippen LogP contribution in [0.25, 0.3) is 0 Å². The molecular formula is C14H30. The van der Waals surface area contributed by atoms with Gasteiger partial charge in [-0.2, -0.15) is 0 Å². The molecule has 0 saturated heterocycles. The zero-order valence-electron chi connectivity index (χ0n) is 11.5. The molecule has 3 unspecified atom stereocenters. The van der Waals surface area contributed by atoms with E-state index in [0.717, 1.165) is 23.7 Å². The van der Waals surface area contributed by atoms with Crippen LogP contribution in [0, 0.1) is 29.1 Å². The summed E-state index contributed by atoms with van der Waals surface area (Å²) in [5.74, 6) is 3.18. The van der Waals surface area contributed by atoms with Crippen LogP contribution in [0.2, 0.25) is 0 Å². The van der Waals surface area contributed by atoms with E-state index in [2.05, 4.69) is 55.4 Å². The predicted molar refractivity (Wildman–Crippen MR) is 66.4 cm³/mol. The molecule has 14 heavy (non-hydrogen) atoms. The van der Waals surface area contributed by atoms with Gasteiger partial charge >= 0.3 is 0 Å². The Labute approximate surface area is 91.5 Å². The molecule has 0 aromatic carbocycles. The third-order valence-electron chi connectivity index (χ3n) is 4.90. The van der Waals surface area contributed by atoms with Crippen LogP contribution in [0.15, 0.2) is 0 Å². The van der Waals surface area contributed by atoms with Crippen molar-refractivity contribution in [2.75, 3.05) is 0 Å². The fourth-order valence-electron chi connectivity index (χ4n) is 2.70. The van der Waals surface area contributed by atoms with Crippen LogP contribution in [0.1, 0.15) is 61.8 Å². The highest BCUT2D eigenvalue weighted by molar-refractivity contribution is 4.88. The van der Waals surface area contributed by atoms with Gasteiger partial charge in [0.1, 0.15) is 0 Å². The van der Waals surface area contributed by atoms with E-state index in [1.165, 1.54) is 6.42 Å². The lowest BCUT2D eigenvalue weighted by atomic mass is 9.59. The summed E-state index contributed by atoms with van der Waals surface area (Å²) in [5, 5.41) is 0. The second-order valence-corrected chi connectivity index (χ2v) is 5.86. The fraction of sp³-hybridized carbons (Fsp3) is 1.00. The molecule has 0 aromatic rings. The molecule has 3 atom stereocenters. The van der Waals surface area contributed by atoms with Gasteiger partial charge in [0.2, 0.25) is 0 Å². The second-order valence-electron chi connectivity index (χ2n) is 5.86. The molecule has 0 amide bonds. The van der Waals surface area contributed by atoms with Gasteiger partial charge in [-0.3, -0.25) is 0 Å². The molecule has 0 heteroatoms. The van der Waals surface area contributed by atoms with Crippen LogP contribution >= 0.6 is 0 Å². The smallest absolute Gasteiger partial charge is 0.0249 e.